The van der Waals surface area contributed by atoms with E-state index in [1.54, 1.807) is 6.92 Å². The molecule has 5 nitrogen and oxygen atoms in total. The van der Waals surface area contributed by atoms with Gasteiger partial charge in [-0.15, -0.1) is 0 Å². The Morgan fingerprint density at radius 3 is 2.69 bits per heavy atom. The third kappa shape index (κ3) is 3.43. The molecule has 4 N–H and O–H groups in total. The van der Waals surface area contributed by atoms with Crippen molar-refractivity contribution >= 4 is 5.91 Å². The molecule has 1 rings (SSSR count). The Bertz CT molecular complexity index is 252. The summed E-state index contributed by atoms with van der Waals surface area (Å²) in [6.07, 6.45) is 2.36. The van der Waals surface area contributed by atoms with Crippen LogP contribution in [0.5, 0.6) is 0 Å². The minimum absolute atomic E-state index is 0.431. The van der Waals surface area contributed by atoms with Crippen molar-refractivity contribution in [2.24, 2.45) is 11.5 Å². The average Bonchev–Trinajstić information content (AvgIpc) is 2.17. The van der Waals surface area contributed by atoms with E-state index in [1.165, 1.54) is 6.42 Å². The van der Waals surface area contributed by atoms with Crippen LogP contribution in [-0.4, -0.2) is 61.0 Å². The molecule has 2 atom stereocenters. The Morgan fingerprint density at radius 2 is 2.19 bits per heavy atom. The molecular formula is C11H24N4O. The zero-order valence-corrected chi connectivity index (χ0v) is 10.6. The van der Waals surface area contributed by atoms with E-state index >= 15 is 0 Å². The lowest BCUT2D eigenvalue weighted by molar-refractivity contribution is -0.123. The summed E-state index contributed by atoms with van der Waals surface area (Å²) >= 11 is 0. The van der Waals surface area contributed by atoms with Gasteiger partial charge in [0.15, 0.2) is 0 Å². The molecule has 0 spiro atoms. The summed E-state index contributed by atoms with van der Waals surface area (Å²) in [7, 11) is 4.17. The van der Waals surface area contributed by atoms with Crippen LogP contribution in [0, 0.1) is 0 Å². The fraction of sp³-hybridized carbons (Fsp3) is 0.909. The summed E-state index contributed by atoms with van der Waals surface area (Å²) in [5.41, 5.74) is 10.2. The summed E-state index contributed by atoms with van der Waals surface area (Å²) < 4.78 is 0. The minimum atomic E-state index is -0.922. The second-order valence-electron chi connectivity index (χ2n) is 5.28. The Labute approximate surface area is 97.7 Å². The predicted molar refractivity (Wildman–Crippen MR) is 64.9 cm³/mol. The maximum Gasteiger partial charge on any atom is 0.238 e. The topological polar surface area (TPSA) is 75.6 Å². The molecule has 1 amide bonds. The van der Waals surface area contributed by atoms with Gasteiger partial charge in [0.2, 0.25) is 5.91 Å². The van der Waals surface area contributed by atoms with Crippen LogP contribution in [0.25, 0.3) is 0 Å². The van der Waals surface area contributed by atoms with Gasteiger partial charge in [0.1, 0.15) is 5.54 Å². The monoisotopic (exact) mass is 228 g/mol. The highest BCUT2D eigenvalue weighted by Crippen LogP contribution is 2.15. The number of likely N-dealkylation sites (N-methyl/N-ethyl adjacent to an activating group) is 1. The Balaban J connectivity index is 2.52. The average molecular weight is 228 g/mol. The van der Waals surface area contributed by atoms with Crippen molar-refractivity contribution in [3.63, 3.8) is 0 Å². The number of piperidine rings is 1. The molecule has 16 heavy (non-hydrogen) atoms. The standard InChI is InChI=1S/C11H24N4O/c1-11(13,10(12)16)8-15-6-4-5-9(7-15)14(2)3/h9H,4-8,13H2,1-3H3,(H2,12,16). The van der Waals surface area contributed by atoms with Crippen molar-refractivity contribution in [3.05, 3.63) is 0 Å². The first-order chi connectivity index (χ1) is 7.33. The van der Waals surface area contributed by atoms with Crippen molar-refractivity contribution in [2.75, 3.05) is 33.7 Å². The molecule has 1 fully saturated rings. The van der Waals surface area contributed by atoms with E-state index in [-0.39, 0.29) is 0 Å². The lowest BCUT2D eigenvalue weighted by atomic mass is 9.99. The predicted octanol–water partition coefficient (Wildman–Crippen LogP) is -0.785. The summed E-state index contributed by atoms with van der Waals surface area (Å²) in [5.74, 6) is -0.431. The largest absolute Gasteiger partial charge is 0.368 e. The molecule has 0 bridgehead atoms. The molecule has 1 heterocycles. The van der Waals surface area contributed by atoms with Gasteiger partial charge in [-0.2, -0.15) is 0 Å². The van der Waals surface area contributed by atoms with Gasteiger partial charge in [0, 0.05) is 19.1 Å². The Morgan fingerprint density at radius 1 is 1.56 bits per heavy atom. The number of rotatable bonds is 4. The van der Waals surface area contributed by atoms with Crippen LogP contribution in [0.4, 0.5) is 0 Å². The van der Waals surface area contributed by atoms with E-state index in [2.05, 4.69) is 23.9 Å². The quantitative estimate of drug-likeness (QED) is 0.661. The molecule has 0 aromatic rings. The second-order valence-corrected chi connectivity index (χ2v) is 5.28. The van der Waals surface area contributed by atoms with Crippen LogP contribution in [0.3, 0.4) is 0 Å². The van der Waals surface area contributed by atoms with Crippen molar-refractivity contribution in [2.45, 2.75) is 31.3 Å². The van der Waals surface area contributed by atoms with Gasteiger partial charge in [0.25, 0.3) is 0 Å². The Kier molecular flexibility index (Phi) is 4.29. The molecule has 1 saturated heterocycles. The van der Waals surface area contributed by atoms with Crippen molar-refractivity contribution in [1.29, 1.82) is 0 Å². The minimum Gasteiger partial charge on any atom is -0.368 e. The van der Waals surface area contributed by atoms with Crippen LogP contribution >= 0.6 is 0 Å². The molecule has 0 aromatic carbocycles. The summed E-state index contributed by atoms with van der Waals surface area (Å²) in [4.78, 5) is 15.6. The highest BCUT2D eigenvalue weighted by atomic mass is 16.1. The van der Waals surface area contributed by atoms with Gasteiger partial charge < -0.3 is 16.4 Å². The second kappa shape index (κ2) is 5.12. The number of likely N-dealkylation sites (tertiary alicyclic amines) is 1. The molecule has 2 unspecified atom stereocenters. The highest BCUT2D eigenvalue weighted by Gasteiger charge is 2.31. The number of hydrogen-bond donors (Lipinski definition) is 2. The van der Waals surface area contributed by atoms with Crippen LogP contribution in [0.15, 0.2) is 0 Å². The van der Waals surface area contributed by atoms with Crippen LogP contribution < -0.4 is 11.5 Å². The molecule has 0 saturated carbocycles. The first kappa shape index (κ1) is 13.4. The van der Waals surface area contributed by atoms with Gasteiger partial charge in [0.05, 0.1) is 0 Å². The number of carbonyl (C=O) groups excluding carboxylic acids is 1. The van der Waals surface area contributed by atoms with Crippen LogP contribution in [-0.2, 0) is 4.79 Å². The van der Waals surface area contributed by atoms with E-state index in [0.717, 1.165) is 19.5 Å². The maximum absolute atomic E-state index is 11.2. The molecule has 5 heteroatoms. The highest BCUT2D eigenvalue weighted by molar-refractivity contribution is 5.84. The van der Waals surface area contributed by atoms with E-state index in [4.69, 9.17) is 11.5 Å². The summed E-state index contributed by atoms with van der Waals surface area (Å²) in [6.45, 7) is 4.22. The van der Waals surface area contributed by atoms with Crippen molar-refractivity contribution < 1.29 is 4.79 Å². The molecule has 1 aliphatic rings. The number of nitrogens with two attached hydrogens (primary N) is 2. The molecule has 0 radical (unpaired) electrons. The first-order valence-corrected chi connectivity index (χ1v) is 5.80. The van der Waals surface area contributed by atoms with E-state index in [0.29, 0.717) is 12.6 Å². The fourth-order valence-corrected chi connectivity index (χ4v) is 2.14. The maximum atomic E-state index is 11.2. The van der Waals surface area contributed by atoms with Gasteiger partial charge in [-0.3, -0.25) is 9.69 Å². The number of hydrogen-bond acceptors (Lipinski definition) is 4. The Hall–Kier alpha value is -0.650. The normalized spacial score (nSPS) is 26.7. The number of primary amides is 1. The summed E-state index contributed by atoms with van der Waals surface area (Å²) in [6, 6.07) is 0.553. The van der Waals surface area contributed by atoms with Crippen LogP contribution in [0.1, 0.15) is 19.8 Å². The smallest absolute Gasteiger partial charge is 0.238 e. The molecule has 0 aliphatic carbocycles. The number of carbonyl (C=O) groups is 1. The van der Waals surface area contributed by atoms with E-state index < -0.39 is 11.4 Å². The molecule has 94 valence electrons. The third-order valence-corrected chi connectivity index (χ3v) is 3.33. The first-order valence-electron chi connectivity index (χ1n) is 5.80. The fourth-order valence-electron chi connectivity index (χ4n) is 2.14. The lowest BCUT2D eigenvalue weighted by Crippen LogP contribution is -2.59. The van der Waals surface area contributed by atoms with Gasteiger partial charge in [-0.1, -0.05) is 0 Å². The van der Waals surface area contributed by atoms with Gasteiger partial charge in [-0.05, 0) is 40.4 Å². The van der Waals surface area contributed by atoms with Crippen LogP contribution in [0.2, 0.25) is 0 Å². The molecule has 0 aromatic heterocycles. The SMILES string of the molecule is CN(C)C1CCCN(CC(C)(N)C(N)=O)C1. The lowest BCUT2D eigenvalue weighted by Gasteiger charge is -2.38. The van der Waals surface area contributed by atoms with Gasteiger partial charge >= 0.3 is 0 Å². The van der Waals surface area contributed by atoms with Crippen molar-refractivity contribution in [3.8, 4) is 0 Å². The van der Waals surface area contributed by atoms with Crippen molar-refractivity contribution in [1.82, 2.24) is 9.80 Å². The molecular weight excluding hydrogens is 204 g/mol. The molecule has 1 aliphatic heterocycles. The number of amides is 1. The summed E-state index contributed by atoms with van der Waals surface area (Å²) in [5, 5.41) is 0. The van der Waals surface area contributed by atoms with Gasteiger partial charge in [-0.25, -0.2) is 0 Å². The van der Waals surface area contributed by atoms with E-state index in [1.807, 2.05) is 0 Å². The zero-order valence-electron chi connectivity index (χ0n) is 10.6. The van der Waals surface area contributed by atoms with E-state index in [9.17, 15) is 4.79 Å². The number of nitrogens with zero attached hydrogens (tertiary/aromatic N) is 2. The third-order valence-electron chi connectivity index (χ3n) is 3.33. The zero-order chi connectivity index (χ0) is 12.3.